The number of aromatic nitrogens is 2. The first-order valence-electron chi connectivity index (χ1n) is 8.40. The van der Waals surface area contributed by atoms with Crippen LogP contribution in [0.5, 0.6) is 0 Å². The molecule has 1 fully saturated rings. The van der Waals surface area contributed by atoms with E-state index >= 15 is 0 Å². The zero-order valence-electron chi connectivity index (χ0n) is 14.0. The summed E-state index contributed by atoms with van der Waals surface area (Å²) in [6, 6.07) is 6.10. The maximum Gasteiger partial charge on any atom is 0.270 e. The lowest BCUT2D eigenvalue weighted by Crippen LogP contribution is -2.36. The Balaban J connectivity index is 1.75. The first kappa shape index (κ1) is 17.6. The van der Waals surface area contributed by atoms with Gasteiger partial charge in [-0.2, -0.15) is 0 Å². The van der Waals surface area contributed by atoms with Gasteiger partial charge in [-0.15, -0.1) is 0 Å². The second-order valence-corrected chi connectivity index (χ2v) is 6.66. The molecule has 0 saturated heterocycles. The van der Waals surface area contributed by atoms with Gasteiger partial charge in [0.1, 0.15) is 23.2 Å². The van der Waals surface area contributed by atoms with Crippen molar-refractivity contribution >= 4 is 29.0 Å². The van der Waals surface area contributed by atoms with E-state index in [9.17, 15) is 9.18 Å². The molecule has 1 amide bonds. The normalized spacial score (nSPS) is 15.0. The molecule has 0 bridgehead atoms. The number of hydrogen-bond acceptors (Lipinski definition) is 4. The van der Waals surface area contributed by atoms with E-state index < -0.39 is 5.82 Å². The van der Waals surface area contributed by atoms with E-state index in [0.717, 1.165) is 25.7 Å². The summed E-state index contributed by atoms with van der Waals surface area (Å²) in [5, 5.41) is 6.09. The summed E-state index contributed by atoms with van der Waals surface area (Å²) >= 11 is 5.79. The van der Waals surface area contributed by atoms with Gasteiger partial charge in [-0.3, -0.25) is 4.79 Å². The molecular formula is C18H20ClFN4O. The molecule has 1 saturated carbocycles. The van der Waals surface area contributed by atoms with Crippen molar-refractivity contribution < 1.29 is 9.18 Å². The number of halogens is 2. The van der Waals surface area contributed by atoms with E-state index in [1.54, 1.807) is 19.1 Å². The van der Waals surface area contributed by atoms with Crippen LogP contribution in [0, 0.1) is 12.7 Å². The average Bonchev–Trinajstić information content (AvgIpc) is 2.58. The fraction of sp³-hybridized carbons (Fsp3) is 0.389. The van der Waals surface area contributed by atoms with Crippen LogP contribution in [0.3, 0.4) is 0 Å². The summed E-state index contributed by atoms with van der Waals surface area (Å²) in [7, 11) is 0. The van der Waals surface area contributed by atoms with E-state index in [-0.39, 0.29) is 17.0 Å². The Morgan fingerprint density at radius 2 is 1.96 bits per heavy atom. The SMILES string of the molecule is Cc1nc(Nc2ccc(F)c(Cl)c2)cc(C(=O)NC2CCCCC2)n1. The Bertz CT molecular complexity index is 778. The third-order valence-corrected chi connectivity index (χ3v) is 4.49. The number of rotatable bonds is 4. The van der Waals surface area contributed by atoms with Gasteiger partial charge in [0.25, 0.3) is 5.91 Å². The van der Waals surface area contributed by atoms with Crippen molar-refractivity contribution in [1.29, 1.82) is 0 Å². The molecule has 1 aliphatic carbocycles. The summed E-state index contributed by atoms with van der Waals surface area (Å²) in [4.78, 5) is 21.0. The monoisotopic (exact) mass is 362 g/mol. The van der Waals surface area contributed by atoms with Crippen molar-refractivity contribution in [2.24, 2.45) is 0 Å². The van der Waals surface area contributed by atoms with Gasteiger partial charge < -0.3 is 10.6 Å². The molecule has 7 heteroatoms. The topological polar surface area (TPSA) is 66.9 Å². The van der Waals surface area contributed by atoms with Crippen LogP contribution < -0.4 is 10.6 Å². The minimum atomic E-state index is -0.487. The van der Waals surface area contributed by atoms with Crippen molar-refractivity contribution in [3.05, 3.63) is 46.6 Å². The zero-order valence-corrected chi connectivity index (χ0v) is 14.7. The van der Waals surface area contributed by atoms with Gasteiger partial charge in [0, 0.05) is 17.8 Å². The van der Waals surface area contributed by atoms with Crippen LogP contribution in [0.2, 0.25) is 5.02 Å². The maximum absolute atomic E-state index is 13.3. The second-order valence-electron chi connectivity index (χ2n) is 6.25. The fourth-order valence-corrected chi connectivity index (χ4v) is 3.16. The number of nitrogens with one attached hydrogen (secondary N) is 2. The molecule has 5 nitrogen and oxygen atoms in total. The highest BCUT2D eigenvalue weighted by molar-refractivity contribution is 6.31. The molecule has 1 aromatic carbocycles. The number of carbonyl (C=O) groups is 1. The summed E-state index contributed by atoms with van der Waals surface area (Å²) in [5.74, 6) is 0.257. The predicted molar refractivity (Wildman–Crippen MR) is 95.8 cm³/mol. The van der Waals surface area contributed by atoms with E-state index in [0.29, 0.717) is 23.0 Å². The predicted octanol–water partition coefficient (Wildman–Crippen LogP) is 4.38. The van der Waals surface area contributed by atoms with E-state index in [1.165, 1.54) is 18.6 Å². The molecule has 0 aliphatic heterocycles. The molecule has 3 rings (SSSR count). The molecule has 0 spiro atoms. The minimum Gasteiger partial charge on any atom is -0.348 e. The van der Waals surface area contributed by atoms with Crippen molar-refractivity contribution in [3.8, 4) is 0 Å². The molecule has 2 aromatic rings. The number of amides is 1. The lowest BCUT2D eigenvalue weighted by molar-refractivity contribution is 0.0922. The smallest absolute Gasteiger partial charge is 0.270 e. The van der Waals surface area contributed by atoms with Crippen LogP contribution >= 0.6 is 11.6 Å². The van der Waals surface area contributed by atoms with E-state index in [1.807, 2.05) is 0 Å². The third-order valence-electron chi connectivity index (χ3n) is 4.20. The van der Waals surface area contributed by atoms with Gasteiger partial charge in [0.2, 0.25) is 0 Å². The van der Waals surface area contributed by atoms with Gasteiger partial charge in [-0.25, -0.2) is 14.4 Å². The van der Waals surface area contributed by atoms with Crippen molar-refractivity contribution in [2.75, 3.05) is 5.32 Å². The third kappa shape index (κ3) is 4.66. The quantitative estimate of drug-likeness (QED) is 0.846. The largest absolute Gasteiger partial charge is 0.348 e. The lowest BCUT2D eigenvalue weighted by atomic mass is 9.95. The van der Waals surface area contributed by atoms with Gasteiger partial charge in [0.05, 0.1) is 5.02 Å². The highest BCUT2D eigenvalue weighted by atomic mass is 35.5. The van der Waals surface area contributed by atoms with E-state index in [2.05, 4.69) is 20.6 Å². The summed E-state index contributed by atoms with van der Waals surface area (Å²) in [6.07, 6.45) is 5.54. The first-order chi connectivity index (χ1) is 12.0. The average molecular weight is 363 g/mol. The number of carbonyl (C=O) groups excluding carboxylic acids is 1. The minimum absolute atomic E-state index is 0.0195. The Kier molecular flexibility index (Phi) is 5.48. The van der Waals surface area contributed by atoms with Crippen LogP contribution in [0.1, 0.15) is 48.4 Å². The van der Waals surface area contributed by atoms with Crippen molar-refractivity contribution in [3.63, 3.8) is 0 Å². The molecule has 25 heavy (non-hydrogen) atoms. The molecule has 0 radical (unpaired) electrons. The first-order valence-corrected chi connectivity index (χ1v) is 8.78. The Hall–Kier alpha value is -2.21. The van der Waals surface area contributed by atoms with Gasteiger partial charge in [0.15, 0.2) is 0 Å². The lowest BCUT2D eigenvalue weighted by Gasteiger charge is -2.22. The highest BCUT2D eigenvalue weighted by Crippen LogP contribution is 2.22. The standard InChI is InChI=1S/C18H20ClFN4O/c1-11-21-16(18(25)24-12-5-3-2-4-6-12)10-17(22-11)23-13-7-8-15(20)14(19)9-13/h7-10,12H,2-6H2,1H3,(H,24,25)(H,21,22,23). The van der Waals surface area contributed by atoms with Crippen LogP contribution in [-0.2, 0) is 0 Å². The number of hydrogen-bond donors (Lipinski definition) is 2. The molecule has 1 aliphatic rings. The molecule has 132 valence electrons. The van der Waals surface area contributed by atoms with Crippen LogP contribution in [0.4, 0.5) is 15.9 Å². The Morgan fingerprint density at radius 3 is 2.68 bits per heavy atom. The molecule has 2 N–H and O–H groups in total. The maximum atomic E-state index is 13.3. The molecular weight excluding hydrogens is 343 g/mol. The Morgan fingerprint density at radius 1 is 1.20 bits per heavy atom. The van der Waals surface area contributed by atoms with Gasteiger partial charge in [-0.05, 0) is 38.0 Å². The van der Waals surface area contributed by atoms with Crippen molar-refractivity contribution in [1.82, 2.24) is 15.3 Å². The highest BCUT2D eigenvalue weighted by Gasteiger charge is 2.18. The number of anilines is 2. The second kappa shape index (κ2) is 7.78. The molecule has 1 heterocycles. The molecule has 0 atom stereocenters. The zero-order chi connectivity index (χ0) is 17.8. The fourth-order valence-electron chi connectivity index (χ4n) is 2.98. The van der Waals surface area contributed by atoms with Crippen LogP contribution in [-0.4, -0.2) is 21.9 Å². The number of nitrogens with zero attached hydrogens (tertiary/aromatic N) is 2. The van der Waals surface area contributed by atoms with E-state index in [4.69, 9.17) is 11.6 Å². The van der Waals surface area contributed by atoms with Crippen LogP contribution in [0.15, 0.2) is 24.3 Å². The summed E-state index contributed by atoms with van der Waals surface area (Å²) < 4.78 is 13.3. The van der Waals surface area contributed by atoms with Crippen LogP contribution in [0.25, 0.3) is 0 Å². The number of benzene rings is 1. The summed E-state index contributed by atoms with van der Waals surface area (Å²) in [5.41, 5.74) is 0.900. The summed E-state index contributed by atoms with van der Waals surface area (Å²) in [6.45, 7) is 1.72. The number of aryl methyl sites for hydroxylation is 1. The molecule has 0 unspecified atom stereocenters. The molecule has 1 aromatic heterocycles. The van der Waals surface area contributed by atoms with Crippen molar-refractivity contribution in [2.45, 2.75) is 45.1 Å². The van der Waals surface area contributed by atoms with Gasteiger partial charge in [-0.1, -0.05) is 30.9 Å². The van der Waals surface area contributed by atoms with Gasteiger partial charge >= 0.3 is 0 Å². The Labute approximate surface area is 151 Å².